The number of hydrogen-bond acceptors (Lipinski definition) is 3. The number of pyridine rings is 1. The molecule has 0 saturated carbocycles. The number of aryl methyl sites for hydroxylation is 1. The molecular formula is C12H11N3O2. The molecule has 0 saturated heterocycles. The van der Waals surface area contributed by atoms with Gasteiger partial charge in [-0.15, -0.1) is 0 Å². The molecule has 3 rings (SSSR count). The summed E-state index contributed by atoms with van der Waals surface area (Å²) in [5.41, 5.74) is 2.79. The molecule has 2 aromatic heterocycles. The van der Waals surface area contributed by atoms with Crippen molar-refractivity contribution < 1.29 is 9.90 Å². The highest BCUT2D eigenvalue weighted by Gasteiger charge is 2.26. The Morgan fingerprint density at radius 3 is 2.82 bits per heavy atom. The first-order valence-corrected chi connectivity index (χ1v) is 5.51. The highest BCUT2D eigenvalue weighted by molar-refractivity contribution is 5.94. The van der Waals surface area contributed by atoms with Gasteiger partial charge in [0, 0.05) is 30.2 Å². The maximum atomic E-state index is 11.2. The predicted octanol–water partition coefficient (Wildman–Crippen LogP) is 1.59. The molecule has 2 aromatic rings. The van der Waals surface area contributed by atoms with Crippen LogP contribution < -0.4 is 0 Å². The summed E-state index contributed by atoms with van der Waals surface area (Å²) in [5, 5.41) is 13.4. The molecule has 0 bridgehead atoms. The summed E-state index contributed by atoms with van der Waals surface area (Å²) in [6.45, 7) is 0.806. The molecule has 17 heavy (non-hydrogen) atoms. The second-order valence-electron chi connectivity index (χ2n) is 4.04. The van der Waals surface area contributed by atoms with E-state index in [-0.39, 0.29) is 5.69 Å². The van der Waals surface area contributed by atoms with Gasteiger partial charge in [0.05, 0.1) is 0 Å². The van der Waals surface area contributed by atoms with Crippen molar-refractivity contribution in [3.05, 3.63) is 35.9 Å². The molecule has 3 heterocycles. The molecule has 1 N–H and O–H groups in total. The highest BCUT2D eigenvalue weighted by Crippen LogP contribution is 2.31. The van der Waals surface area contributed by atoms with Crippen LogP contribution in [0.25, 0.3) is 11.1 Å². The number of aromatic nitrogens is 3. The number of fused-ring (bicyclic) bond motifs is 1. The molecular weight excluding hydrogens is 218 g/mol. The second kappa shape index (κ2) is 3.69. The minimum Gasteiger partial charge on any atom is -0.476 e. The van der Waals surface area contributed by atoms with E-state index in [0.29, 0.717) is 0 Å². The zero-order valence-electron chi connectivity index (χ0n) is 9.13. The van der Waals surface area contributed by atoms with Gasteiger partial charge in [0.25, 0.3) is 0 Å². The number of rotatable bonds is 2. The van der Waals surface area contributed by atoms with Crippen molar-refractivity contribution in [2.75, 3.05) is 0 Å². The topological polar surface area (TPSA) is 68.0 Å². The largest absolute Gasteiger partial charge is 0.476 e. The summed E-state index contributed by atoms with van der Waals surface area (Å²) in [4.78, 5) is 15.2. The van der Waals surface area contributed by atoms with Crippen LogP contribution in [0.5, 0.6) is 0 Å². The molecule has 5 nitrogen and oxygen atoms in total. The van der Waals surface area contributed by atoms with E-state index in [1.165, 1.54) is 0 Å². The number of aromatic carboxylic acids is 1. The maximum absolute atomic E-state index is 11.2. The fraction of sp³-hybridized carbons (Fsp3) is 0.250. The standard InChI is InChI=1S/C12H11N3O2/c16-12(17)11-10(8-3-5-13-6-4-8)9-2-1-7-15(9)14-11/h3-6H,1-2,7H2,(H,16,17). The quantitative estimate of drug-likeness (QED) is 0.849. The minimum absolute atomic E-state index is 0.144. The third kappa shape index (κ3) is 1.51. The average Bonchev–Trinajstić information content (AvgIpc) is 2.89. The van der Waals surface area contributed by atoms with Crippen molar-refractivity contribution in [3.63, 3.8) is 0 Å². The Morgan fingerprint density at radius 2 is 2.12 bits per heavy atom. The molecule has 0 atom stereocenters. The smallest absolute Gasteiger partial charge is 0.357 e. The Hall–Kier alpha value is -2.17. The van der Waals surface area contributed by atoms with E-state index in [0.717, 1.165) is 36.2 Å². The normalized spacial score (nSPS) is 13.6. The summed E-state index contributed by atoms with van der Waals surface area (Å²) in [5.74, 6) is -0.973. The fourth-order valence-corrected chi connectivity index (χ4v) is 2.30. The number of carbonyl (C=O) groups is 1. The Balaban J connectivity index is 2.24. The van der Waals surface area contributed by atoms with Crippen LogP contribution in [0.4, 0.5) is 0 Å². The zero-order valence-corrected chi connectivity index (χ0v) is 9.13. The molecule has 0 aromatic carbocycles. The summed E-state index contributed by atoms with van der Waals surface area (Å²) in [6.07, 6.45) is 5.25. The van der Waals surface area contributed by atoms with Crippen LogP contribution in [0, 0.1) is 0 Å². The minimum atomic E-state index is -0.973. The van der Waals surface area contributed by atoms with Crippen molar-refractivity contribution in [1.29, 1.82) is 0 Å². The molecule has 0 radical (unpaired) electrons. The summed E-state index contributed by atoms with van der Waals surface area (Å²) in [7, 11) is 0. The summed E-state index contributed by atoms with van der Waals surface area (Å²) >= 11 is 0. The van der Waals surface area contributed by atoms with E-state index in [9.17, 15) is 9.90 Å². The van der Waals surface area contributed by atoms with Gasteiger partial charge in [-0.1, -0.05) is 0 Å². The summed E-state index contributed by atoms with van der Waals surface area (Å²) < 4.78 is 1.80. The van der Waals surface area contributed by atoms with Gasteiger partial charge in [-0.25, -0.2) is 4.79 Å². The number of hydrogen-bond donors (Lipinski definition) is 1. The molecule has 0 amide bonds. The lowest BCUT2D eigenvalue weighted by Gasteiger charge is -2.01. The van der Waals surface area contributed by atoms with E-state index < -0.39 is 5.97 Å². The monoisotopic (exact) mass is 229 g/mol. The molecule has 0 unspecified atom stereocenters. The Morgan fingerprint density at radius 1 is 1.35 bits per heavy atom. The van der Waals surface area contributed by atoms with Crippen LogP contribution in [0.1, 0.15) is 22.6 Å². The number of carboxylic acids is 1. The lowest BCUT2D eigenvalue weighted by molar-refractivity contribution is 0.0690. The van der Waals surface area contributed by atoms with Crippen molar-refractivity contribution in [3.8, 4) is 11.1 Å². The molecule has 86 valence electrons. The third-order valence-electron chi connectivity index (χ3n) is 3.01. The summed E-state index contributed by atoms with van der Waals surface area (Å²) in [6, 6.07) is 3.64. The van der Waals surface area contributed by atoms with Crippen molar-refractivity contribution in [2.24, 2.45) is 0 Å². The van der Waals surface area contributed by atoms with Gasteiger partial charge in [0.1, 0.15) is 0 Å². The lowest BCUT2D eigenvalue weighted by atomic mass is 10.0. The second-order valence-corrected chi connectivity index (χ2v) is 4.04. The van der Waals surface area contributed by atoms with Crippen molar-refractivity contribution in [2.45, 2.75) is 19.4 Å². The van der Waals surface area contributed by atoms with Gasteiger partial charge in [-0.3, -0.25) is 9.67 Å². The number of carboxylic acid groups (broad SMARTS) is 1. The SMILES string of the molecule is O=C(O)c1nn2c(c1-c1ccncc1)CCC2. The molecule has 0 spiro atoms. The number of nitrogens with zero attached hydrogens (tertiary/aromatic N) is 3. The average molecular weight is 229 g/mol. The van der Waals surface area contributed by atoms with Gasteiger partial charge in [0.2, 0.25) is 0 Å². The molecule has 0 fully saturated rings. The zero-order chi connectivity index (χ0) is 11.8. The Kier molecular flexibility index (Phi) is 2.18. The van der Waals surface area contributed by atoms with Gasteiger partial charge in [0.15, 0.2) is 5.69 Å². The molecule has 1 aliphatic heterocycles. The van der Waals surface area contributed by atoms with E-state index >= 15 is 0 Å². The maximum Gasteiger partial charge on any atom is 0.357 e. The lowest BCUT2D eigenvalue weighted by Crippen LogP contribution is -2.02. The Bertz CT molecular complexity index is 575. The predicted molar refractivity (Wildman–Crippen MR) is 60.7 cm³/mol. The first-order chi connectivity index (χ1) is 8.27. The van der Waals surface area contributed by atoms with Gasteiger partial charge in [-0.05, 0) is 30.5 Å². The molecule has 1 aliphatic rings. The van der Waals surface area contributed by atoms with Crippen molar-refractivity contribution in [1.82, 2.24) is 14.8 Å². The third-order valence-corrected chi connectivity index (χ3v) is 3.01. The van der Waals surface area contributed by atoms with Crippen LogP contribution in [0.3, 0.4) is 0 Å². The van der Waals surface area contributed by atoms with Crippen LogP contribution >= 0.6 is 0 Å². The van der Waals surface area contributed by atoms with E-state index in [4.69, 9.17) is 0 Å². The van der Waals surface area contributed by atoms with Gasteiger partial charge >= 0.3 is 5.97 Å². The Labute approximate surface area is 97.7 Å². The van der Waals surface area contributed by atoms with E-state index in [1.54, 1.807) is 17.1 Å². The first-order valence-electron chi connectivity index (χ1n) is 5.51. The van der Waals surface area contributed by atoms with Gasteiger partial charge < -0.3 is 5.11 Å². The molecule has 5 heteroatoms. The fourth-order valence-electron chi connectivity index (χ4n) is 2.30. The van der Waals surface area contributed by atoms with Crippen LogP contribution in [0.15, 0.2) is 24.5 Å². The van der Waals surface area contributed by atoms with Crippen LogP contribution in [-0.4, -0.2) is 25.8 Å². The van der Waals surface area contributed by atoms with Crippen LogP contribution in [0.2, 0.25) is 0 Å². The first kappa shape index (κ1) is 10.0. The van der Waals surface area contributed by atoms with E-state index in [2.05, 4.69) is 10.1 Å². The van der Waals surface area contributed by atoms with E-state index in [1.807, 2.05) is 12.1 Å². The van der Waals surface area contributed by atoms with Crippen LogP contribution in [-0.2, 0) is 13.0 Å². The highest BCUT2D eigenvalue weighted by atomic mass is 16.4. The van der Waals surface area contributed by atoms with Gasteiger partial charge in [-0.2, -0.15) is 5.10 Å². The van der Waals surface area contributed by atoms with Crippen molar-refractivity contribution >= 4 is 5.97 Å². The molecule has 0 aliphatic carbocycles.